The Labute approximate surface area is 161 Å². The third-order valence-corrected chi connectivity index (χ3v) is 5.07. The van der Waals surface area contributed by atoms with Gasteiger partial charge < -0.3 is 19.2 Å². The summed E-state index contributed by atoms with van der Waals surface area (Å²) in [4.78, 5) is 31.4. The van der Waals surface area contributed by atoms with Crippen molar-refractivity contribution in [1.82, 2.24) is 14.8 Å². The second-order valence-corrected chi connectivity index (χ2v) is 7.41. The summed E-state index contributed by atoms with van der Waals surface area (Å²) in [5, 5.41) is 12.8. The minimum Gasteiger partial charge on any atom is -0.480 e. The number of thiophene rings is 1. The minimum atomic E-state index is -0.885. The molecule has 1 N–H and O–H groups in total. The number of morpholine rings is 1. The van der Waals surface area contributed by atoms with E-state index < -0.39 is 5.97 Å². The fourth-order valence-corrected chi connectivity index (χ4v) is 3.69. The number of carbonyl (C=O) groups is 2. The van der Waals surface area contributed by atoms with Gasteiger partial charge in [0.05, 0.1) is 31.4 Å². The molecule has 1 amide bonds. The van der Waals surface area contributed by atoms with E-state index in [1.165, 1.54) is 0 Å². The van der Waals surface area contributed by atoms with Crippen LogP contribution in [0.2, 0.25) is 0 Å². The standard InChI is InChI=1S/C18H23N3O5S/c1-12-15(19-18(26-12)13-3-6-27-11-13)7-16(22)21-4-5-25-14(9-21)8-20(2)10-17(23)24/h3,6,11,14H,4-5,7-10H2,1-2H3,(H,23,24). The first kappa shape index (κ1) is 19.5. The Balaban J connectivity index is 1.58. The lowest BCUT2D eigenvalue weighted by Gasteiger charge is -2.34. The Bertz CT molecular complexity index is 789. The number of likely N-dealkylation sites (N-methyl/N-ethyl adjacent to an activating group) is 1. The van der Waals surface area contributed by atoms with Gasteiger partial charge in [-0.2, -0.15) is 11.3 Å². The van der Waals surface area contributed by atoms with Gasteiger partial charge in [0.15, 0.2) is 0 Å². The third kappa shape index (κ3) is 5.15. The second-order valence-electron chi connectivity index (χ2n) is 6.63. The predicted octanol–water partition coefficient (Wildman–Crippen LogP) is 1.50. The normalized spacial score (nSPS) is 17.4. The SMILES string of the molecule is Cc1oc(-c2ccsc2)nc1CC(=O)N1CCOC(CN(C)CC(=O)O)C1. The van der Waals surface area contributed by atoms with E-state index in [9.17, 15) is 9.59 Å². The number of ether oxygens (including phenoxy) is 1. The van der Waals surface area contributed by atoms with Crippen molar-refractivity contribution < 1.29 is 23.8 Å². The van der Waals surface area contributed by atoms with Crippen LogP contribution in [0.4, 0.5) is 0 Å². The molecule has 1 unspecified atom stereocenters. The predicted molar refractivity (Wildman–Crippen MR) is 99.7 cm³/mol. The zero-order valence-corrected chi connectivity index (χ0v) is 16.2. The molecule has 2 aromatic heterocycles. The van der Waals surface area contributed by atoms with E-state index in [2.05, 4.69) is 4.98 Å². The van der Waals surface area contributed by atoms with Gasteiger partial charge in [-0.25, -0.2) is 4.98 Å². The van der Waals surface area contributed by atoms with E-state index in [0.717, 1.165) is 5.56 Å². The van der Waals surface area contributed by atoms with E-state index in [0.29, 0.717) is 43.6 Å². The van der Waals surface area contributed by atoms with Crippen molar-refractivity contribution in [3.05, 3.63) is 28.3 Å². The number of aryl methyl sites for hydroxylation is 1. The van der Waals surface area contributed by atoms with Crippen molar-refractivity contribution in [3.63, 3.8) is 0 Å². The summed E-state index contributed by atoms with van der Waals surface area (Å²) in [5.41, 5.74) is 1.56. The summed E-state index contributed by atoms with van der Waals surface area (Å²) >= 11 is 1.56. The van der Waals surface area contributed by atoms with Gasteiger partial charge in [0.25, 0.3) is 0 Å². The zero-order valence-electron chi connectivity index (χ0n) is 15.4. The van der Waals surface area contributed by atoms with Crippen LogP contribution in [0.1, 0.15) is 11.5 Å². The first-order valence-corrected chi connectivity index (χ1v) is 9.65. The molecule has 0 aliphatic carbocycles. The number of carboxylic acids is 1. The lowest BCUT2D eigenvalue weighted by molar-refractivity contribution is -0.142. The molecule has 1 fully saturated rings. The molecule has 9 heteroatoms. The summed E-state index contributed by atoms with van der Waals surface area (Å²) in [6.45, 7) is 3.62. The van der Waals surface area contributed by atoms with Gasteiger partial charge in [-0.05, 0) is 25.4 Å². The first-order chi connectivity index (χ1) is 12.9. The van der Waals surface area contributed by atoms with Crippen molar-refractivity contribution in [2.24, 2.45) is 0 Å². The molecule has 0 saturated carbocycles. The van der Waals surface area contributed by atoms with Crippen LogP contribution in [0.25, 0.3) is 11.5 Å². The van der Waals surface area contributed by atoms with E-state index in [1.54, 1.807) is 28.2 Å². The summed E-state index contributed by atoms with van der Waals surface area (Å²) in [6.07, 6.45) is -0.0243. The third-order valence-electron chi connectivity index (χ3n) is 4.39. The Hall–Kier alpha value is -2.23. The van der Waals surface area contributed by atoms with E-state index >= 15 is 0 Å². The van der Waals surface area contributed by atoms with Gasteiger partial charge in [-0.1, -0.05) is 0 Å². The van der Waals surface area contributed by atoms with Crippen LogP contribution in [0.5, 0.6) is 0 Å². The number of amides is 1. The maximum Gasteiger partial charge on any atom is 0.317 e. The number of nitrogens with zero attached hydrogens (tertiary/aromatic N) is 3. The van der Waals surface area contributed by atoms with Crippen LogP contribution in [0.15, 0.2) is 21.2 Å². The molecule has 3 heterocycles. The van der Waals surface area contributed by atoms with Crippen molar-refractivity contribution >= 4 is 23.2 Å². The molecular weight excluding hydrogens is 370 g/mol. The quantitative estimate of drug-likeness (QED) is 0.761. The van der Waals surface area contributed by atoms with Crippen LogP contribution in [0, 0.1) is 6.92 Å². The molecule has 1 aliphatic heterocycles. The molecule has 3 rings (SSSR count). The van der Waals surface area contributed by atoms with Crippen molar-refractivity contribution in [1.29, 1.82) is 0 Å². The smallest absolute Gasteiger partial charge is 0.317 e. The van der Waals surface area contributed by atoms with Crippen LogP contribution < -0.4 is 0 Å². The fraction of sp³-hybridized carbons (Fsp3) is 0.500. The Morgan fingerprint density at radius 3 is 3.00 bits per heavy atom. The van der Waals surface area contributed by atoms with Crippen LogP contribution in [-0.4, -0.2) is 77.7 Å². The molecule has 1 saturated heterocycles. The Morgan fingerprint density at radius 2 is 2.30 bits per heavy atom. The first-order valence-electron chi connectivity index (χ1n) is 8.71. The highest BCUT2D eigenvalue weighted by atomic mass is 32.1. The van der Waals surface area contributed by atoms with Crippen LogP contribution in [0.3, 0.4) is 0 Å². The van der Waals surface area contributed by atoms with Gasteiger partial charge >= 0.3 is 5.97 Å². The molecule has 1 atom stereocenters. The summed E-state index contributed by atoms with van der Waals surface area (Å²) in [5.74, 6) is 0.267. The fourth-order valence-electron chi connectivity index (χ4n) is 3.06. The highest BCUT2D eigenvalue weighted by molar-refractivity contribution is 7.08. The summed E-state index contributed by atoms with van der Waals surface area (Å²) < 4.78 is 11.4. The second kappa shape index (κ2) is 8.64. The zero-order chi connectivity index (χ0) is 19.4. The highest BCUT2D eigenvalue weighted by Gasteiger charge is 2.27. The maximum atomic E-state index is 12.7. The molecule has 146 valence electrons. The molecule has 0 bridgehead atoms. The monoisotopic (exact) mass is 393 g/mol. The Morgan fingerprint density at radius 1 is 1.48 bits per heavy atom. The van der Waals surface area contributed by atoms with E-state index in [1.807, 2.05) is 23.8 Å². The molecule has 0 radical (unpaired) electrons. The van der Waals surface area contributed by atoms with E-state index in [-0.39, 0.29) is 25.0 Å². The number of hydrogen-bond donors (Lipinski definition) is 1. The molecule has 0 spiro atoms. The number of aromatic nitrogens is 1. The summed E-state index contributed by atoms with van der Waals surface area (Å²) in [6, 6.07) is 1.93. The number of hydrogen-bond acceptors (Lipinski definition) is 7. The van der Waals surface area contributed by atoms with Gasteiger partial charge in [0.1, 0.15) is 5.76 Å². The molecule has 1 aliphatic rings. The van der Waals surface area contributed by atoms with Gasteiger partial charge in [0, 0.05) is 30.6 Å². The molecular formula is C18H23N3O5S. The topological polar surface area (TPSA) is 96.1 Å². The van der Waals surface area contributed by atoms with Gasteiger partial charge in [-0.3, -0.25) is 14.5 Å². The van der Waals surface area contributed by atoms with Crippen molar-refractivity contribution in [3.8, 4) is 11.5 Å². The lowest BCUT2D eigenvalue weighted by Crippen LogP contribution is -2.50. The van der Waals surface area contributed by atoms with Crippen LogP contribution >= 0.6 is 11.3 Å². The van der Waals surface area contributed by atoms with E-state index in [4.69, 9.17) is 14.3 Å². The average molecular weight is 393 g/mol. The molecule has 27 heavy (non-hydrogen) atoms. The van der Waals surface area contributed by atoms with Gasteiger partial charge in [-0.15, -0.1) is 0 Å². The molecule has 2 aromatic rings. The maximum absolute atomic E-state index is 12.7. The average Bonchev–Trinajstić information content (AvgIpc) is 3.24. The van der Waals surface area contributed by atoms with Gasteiger partial charge in [0.2, 0.25) is 11.8 Å². The largest absolute Gasteiger partial charge is 0.480 e. The number of oxazole rings is 1. The molecule has 8 nitrogen and oxygen atoms in total. The number of carbonyl (C=O) groups excluding carboxylic acids is 1. The summed E-state index contributed by atoms with van der Waals surface area (Å²) in [7, 11) is 1.73. The minimum absolute atomic E-state index is 0.0301. The van der Waals surface area contributed by atoms with Crippen molar-refractivity contribution in [2.45, 2.75) is 19.4 Å². The number of aliphatic carboxylic acids is 1. The Kier molecular flexibility index (Phi) is 6.25. The number of rotatable bonds is 7. The van der Waals surface area contributed by atoms with Crippen molar-refractivity contribution in [2.75, 3.05) is 39.8 Å². The highest BCUT2D eigenvalue weighted by Crippen LogP contribution is 2.24. The molecule has 0 aromatic carbocycles. The van der Waals surface area contributed by atoms with Crippen LogP contribution in [-0.2, 0) is 20.7 Å². The number of carboxylic acid groups (broad SMARTS) is 1. The lowest BCUT2D eigenvalue weighted by atomic mass is 10.2.